The molecule has 0 saturated carbocycles. The molecule has 0 amide bonds. The molecule has 2 aliphatic rings. The van der Waals surface area contributed by atoms with Gasteiger partial charge in [-0.15, -0.1) is 0 Å². The number of sulfone groups is 1. The maximum absolute atomic E-state index is 11.4. The highest BCUT2D eigenvalue weighted by Crippen LogP contribution is 2.17. The lowest BCUT2D eigenvalue weighted by Crippen LogP contribution is -2.49. The molecule has 1 unspecified atom stereocenters. The van der Waals surface area contributed by atoms with Crippen LogP contribution in [-0.2, 0) is 22.8 Å². The van der Waals surface area contributed by atoms with Crippen molar-refractivity contribution in [1.82, 2.24) is 10.2 Å². The first-order valence-electron chi connectivity index (χ1n) is 6.85. The number of fused-ring (bicyclic) bond motifs is 1. The van der Waals surface area contributed by atoms with Gasteiger partial charge in [0.2, 0.25) is 0 Å². The molecule has 0 spiro atoms. The van der Waals surface area contributed by atoms with Gasteiger partial charge in [0.25, 0.3) is 0 Å². The van der Waals surface area contributed by atoms with Crippen LogP contribution in [0.15, 0.2) is 24.3 Å². The van der Waals surface area contributed by atoms with Crippen LogP contribution in [0, 0.1) is 0 Å². The zero-order valence-corrected chi connectivity index (χ0v) is 11.8. The van der Waals surface area contributed by atoms with E-state index in [1.54, 1.807) is 0 Å². The van der Waals surface area contributed by atoms with Crippen LogP contribution < -0.4 is 5.32 Å². The Kier molecular flexibility index (Phi) is 3.60. The fourth-order valence-electron chi connectivity index (χ4n) is 2.89. The predicted molar refractivity (Wildman–Crippen MR) is 75.9 cm³/mol. The minimum atomic E-state index is -2.77. The van der Waals surface area contributed by atoms with Crippen molar-refractivity contribution in [1.29, 1.82) is 0 Å². The van der Waals surface area contributed by atoms with Crippen LogP contribution in [-0.4, -0.2) is 50.5 Å². The average Bonchev–Trinajstić information content (AvgIpc) is 2.41. The Labute approximate surface area is 114 Å². The molecule has 5 heteroatoms. The molecule has 4 nitrogen and oxygen atoms in total. The van der Waals surface area contributed by atoms with Crippen LogP contribution in [0.5, 0.6) is 0 Å². The van der Waals surface area contributed by atoms with Crippen LogP contribution in [0.4, 0.5) is 0 Å². The Morgan fingerprint density at radius 2 is 1.84 bits per heavy atom. The summed E-state index contributed by atoms with van der Waals surface area (Å²) in [7, 11) is -2.77. The van der Waals surface area contributed by atoms with Crippen molar-refractivity contribution in [2.45, 2.75) is 19.0 Å². The number of benzene rings is 1. The van der Waals surface area contributed by atoms with Gasteiger partial charge in [-0.05, 0) is 17.5 Å². The monoisotopic (exact) mass is 280 g/mol. The lowest BCUT2D eigenvalue weighted by atomic mass is 9.95. The summed E-state index contributed by atoms with van der Waals surface area (Å²) in [5.74, 6) is 0.632. The summed E-state index contributed by atoms with van der Waals surface area (Å²) < 4.78 is 22.8. The van der Waals surface area contributed by atoms with E-state index in [4.69, 9.17) is 0 Å². The third kappa shape index (κ3) is 3.16. The van der Waals surface area contributed by atoms with Crippen molar-refractivity contribution in [3.05, 3.63) is 35.4 Å². The summed E-state index contributed by atoms with van der Waals surface area (Å²) in [4.78, 5) is 2.27. The number of hydrogen-bond donors (Lipinski definition) is 1. The van der Waals surface area contributed by atoms with E-state index < -0.39 is 9.84 Å². The molecule has 1 fully saturated rings. The molecule has 2 aliphatic heterocycles. The van der Waals surface area contributed by atoms with Gasteiger partial charge in [-0.3, -0.25) is 4.90 Å². The Hall–Kier alpha value is -0.910. The van der Waals surface area contributed by atoms with Crippen molar-refractivity contribution >= 4 is 9.84 Å². The average molecular weight is 280 g/mol. The van der Waals surface area contributed by atoms with Gasteiger partial charge in [0, 0.05) is 32.2 Å². The van der Waals surface area contributed by atoms with E-state index in [0.717, 1.165) is 19.5 Å². The van der Waals surface area contributed by atoms with E-state index in [9.17, 15) is 8.42 Å². The Morgan fingerprint density at radius 1 is 1.16 bits per heavy atom. The SMILES string of the molecule is O=S1(=O)CCN(CC2Cc3ccccc3CN2)CC1. The fraction of sp³-hybridized carbons (Fsp3) is 0.571. The zero-order valence-electron chi connectivity index (χ0n) is 11.0. The Morgan fingerprint density at radius 3 is 2.58 bits per heavy atom. The molecule has 1 saturated heterocycles. The maximum Gasteiger partial charge on any atom is 0.152 e. The minimum absolute atomic E-state index is 0.316. The topological polar surface area (TPSA) is 49.4 Å². The van der Waals surface area contributed by atoms with Crippen LogP contribution in [0.25, 0.3) is 0 Å². The van der Waals surface area contributed by atoms with E-state index >= 15 is 0 Å². The molecule has 0 bridgehead atoms. The standard InChI is InChI=1S/C14H20N2O2S/c17-19(18)7-5-16(6-8-19)11-14-9-12-3-1-2-4-13(12)10-15-14/h1-4,14-15H,5-11H2. The highest BCUT2D eigenvalue weighted by molar-refractivity contribution is 7.91. The summed E-state index contributed by atoms with van der Waals surface area (Å²) in [6.45, 7) is 3.24. The first-order chi connectivity index (χ1) is 9.12. The molecule has 19 heavy (non-hydrogen) atoms. The first kappa shape index (κ1) is 13.1. The smallest absolute Gasteiger partial charge is 0.152 e. The van der Waals surface area contributed by atoms with E-state index in [1.807, 2.05) is 0 Å². The van der Waals surface area contributed by atoms with Crippen molar-refractivity contribution in [2.75, 3.05) is 31.1 Å². The van der Waals surface area contributed by atoms with Gasteiger partial charge in [-0.25, -0.2) is 8.42 Å². The highest BCUT2D eigenvalue weighted by atomic mass is 32.2. The second kappa shape index (κ2) is 5.23. The molecule has 0 aliphatic carbocycles. The molecule has 0 radical (unpaired) electrons. The summed E-state index contributed by atoms with van der Waals surface area (Å²) in [6.07, 6.45) is 1.04. The predicted octanol–water partition coefficient (Wildman–Crippen LogP) is 0.431. The van der Waals surface area contributed by atoms with Gasteiger partial charge in [-0.2, -0.15) is 0 Å². The van der Waals surface area contributed by atoms with Gasteiger partial charge in [0.1, 0.15) is 0 Å². The fourth-order valence-corrected chi connectivity index (χ4v) is 4.17. The summed E-state index contributed by atoms with van der Waals surface area (Å²) in [5, 5.41) is 3.55. The lowest BCUT2D eigenvalue weighted by molar-refractivity contribution is 0.252. The third-order valence-electron chi connectivity index (χ3n) is 4.08. The molecule has 3 rings (SSSR count). The molecular formula is C14H20N2O2S. The van der Waals surface area contributed by atoms with E-state index in [0.29, 0.717) is 30.6 Å². The maximum atomic E-state index is 11.4. The van der Waals surface area contributed by atoms with Crippen molar-refractivity contribution < 1.29 is 8.42 Å². The van der Waals surface area contributed by atoms with Crippen molar-refractivity contribution in [3.63, 3.8) is 0 Å². The van der Waals surface area contributed by atoms with Gasteiger partial charge in [0.15, 0.2) is 9.84 Å². The summed E-state index contributed by atoms with van der Waals surface area (Å²) >= 11 is 0. The Balaban J connectivity index is 1.58. The molecular weight excluding hydrogens is 260 g/mol. The molecule has 104 valence electrons. The normalized spacial score (nSPS) is 26.8. The van der Waals surface area contributed by atoms with Crippen LogP contribution >= 0.6 is 0 Å². The van der Waals surface area contributed by atoms with E-state index in [1.165, 1.54) is 11.1 Å². The first-order valence-corrected chi connectivity index (χ1v) is 8.67. The largest absolute Gasteiger partial charge is 0.308 e. The molecule has 0 aromatic heterocycles. The molecule has 1 atom stereocenters. The van der Waals surface area contributed by atoms with Gasteiger partial charge in [0.05, 0.1) is 11.5 Å². The number of rotatable bonds is 2. The van der Waals surface area contributed by atoms with E-state index in [2.05, 4.69) is 34.5 Å². The minimum Gasteiger partial charge on any atom is -0.308 e. The lowest BCUT2D eigenvalue weighted by Gasteiger charge is -2.33. The van der Waals surface area contributed by atoms with Crippen molar-refractivity contribution in [2.24, 2.45) is 0 Å². The molecule has 1 aromatic rings. The second-order valence-corrected chi connectivity index (χ2v) is 7.81. The highest BCUT2D eigenvalue weighted by Gasteiger charge is 2.25. The van der Waals surface area contributed by atoms with Crippen LogP contribution in [0.2, 0.25) is 0 Å². The molecule has 2 heterocycles. The number of nitrogens with zero attached hydrogens (tertiary/aromatic N) is 1. The van der Waals surface area contributed by atoms with E-state index in [-0.39, 0.29) is 0 Å². The quantitative estimate of drug-likeness (QED) is 0.853. The molecule has 1 aromatic carbocycles. The number of hydrogen-bond acceptors (Lipinski definition) is 4. The van der Waals surface area contributed by atoms with Crippen LogP contribution in [0.3, 0.4) is 0 Å². The van der Waals surface area contributed by atoms with Crippen LogP contribution in [0.1, 0.15) is 11.1 Å². The Bertz CT molecular complexity index is 542. The van der Waals surface area contributed by atoms with Crippen molar-refractivity contribution in [3.8, 4) is 0 Å². The molecule has 1 N–H and O–H groups in total. The third-order valence-corrected chi connectivity index (χ3v) is 5.69. The summed E-state index contributed by atoms with van der Waals surface area (Å²) in [5.41, 5.74) is 2.82. The van der Waals surface area contributed by atoms with Gasteiger partial charge >= 0.3 is 0 Å². The van der Waals surface area contributed by atoms with Gasteiger partial charge < -0.3 is 5.32 Å². The zero-order chi connectivity index (χ0) is 13.3. The van der Waals surface area contributed by atoms with Gasteiger partial charge in [-0.1, -0.05) is 24.3 Å². The number of nitrogens with one attached hydrogen (secondary N) is 1. The second-order valence-electron chi connectivity index (χ2n) is 5.50. The summed E-state index contributed by atoms with van der Waals surface area (Å²) in [6, 6.07) is 8.98.